The average molecular weight is 369 g/mol. The molecule has 0 unspecified atom stereocenters. The van der Waals surface area contributed by atoms with E-state index >= 15 is 0 Å². The van der Waals surface area contributed by atoms with E-state index in [0.717, 1.165) is 16.9 Å². The Morgan fingerprint density at radius 3 is 2.72 bits per heavy atom. The Kier molecular flexibility index (Phi) is 4.23. The van der Waals surface area contributed by atoms with Crippen LogP contribution >= 0.6 is 24.0 Å². The summed E-state index contributed by atoms with van der Waals surface area (Å²) in [4.78, 5) is 15.0. The van der Waals surface area contributed by atoms with Crippen LogP contribution in [0.15, 0.2) is 47.4 Å². The van der Waals surface area contributed by atoms with E-state index in [-0.39, 0.29) is 12.7 Å². The standard InChI is InChI=1S/C19H15NO3S2/c1-12-2-4-13(5-3-12)10-20-18(21)17(25-19(20)24)9-14-6-7-15-16(8-14)23-11-22-15/h2-9H,10-11H2,1H3. The molecular weight excluding hydrogens is 354 g/mol. The highest BCUT2D eigenvalue weighted by atomic mass is 32.2. The largest absolute Gasteiger partial charge is 0.454 e. The Balaban J connectivity index is 1.55. The van der Waals surface area contributed by atoms with Gasteiger partial charge in [-0.25, -0.2) is 0 Å². The summed E-state index contributed by atoms with van der Waals surface area (Å²) in [5.74, 6) is 1.36. The fourth-order valence-corrected chi connectivity index (χ4v) is 3.92. The Labute approximate surface area is 155 Å². The van der Waals surface area contributed by atoms with E-state index in [9.17, 15) is 4.79 Å². The quantitative estimate of drug-likeness (QED) is 0.601. The minimum Gasteiger partial charge on any atom is -0.454 e. The van der Waals surface area contributed by atoms with Crippen LogP contribution in [0.1, 0.15) is 16.7 Å². The molecule has 25 heavy (non-hydrogen) atoms. The van der Waals surface area contributed by atoms with Crippen molar-refractivity contribution in [1.82, 2.24) is 4.90 Å². The van der Waals surface area contributed by atoms with Gasteiger partial charge in [-0.2, -0.15) is 0 Å². The van der Waals surface area contributed by atoms with E-state index in [1.165, 1.54) is 17.3 Å². The van der Waals surface area contributed by atoms with Gasteiger partial charge in [-0.15, -0.1) is 0 Å². The molecule has 6 heteroatoms. The summed E-state index contributed by atoms with van der Waals surface area (Å²) >= 11 is 6.73. The molecule has 0 spiro atoms. The van der Waals surface area contributed by atoms with Crippen LogP contribution in [0.25, 0.3) is 6.08 Å². The van der Waals surface area contributed by atoms with Gasteiger partial charge in [0.05, 0.1) is 11.4 Å². The second-order valence-electron chi connectivity index (χ2n) is 5.87. The van der Waals surface area contributed by atoms with Crippen molar-refractivity contribution in [3.63, 3.8) is 0 Å². The Morgan fingerprint density at radius 2 is 1.92 bits per heavy atom. The van der Waals surface area contributed by atoms with Crippen molar-refractivity contribution in [3.05, 3.63) is 64.1 Å². The zero-order chi connectivity index (χ0) is 17.4. The van der Waals surface area contributed by atoms with Crippen LogP contribution in [-0.4, -0.2) is 21.9 Å². The highest BCUT2D eigenvalue weighted by Crippen LogP contribution is 2.36. The van der Waals surface area contributed by atoms with Gasteiger partial charge in [0, 0.05) is 0 Å². The molecule has 2 aliphatic heterocycles. The van der Waals surface area contributed by atoms with Crippen molar-refractivity contribution in [1.29, 1.82) is 0 Å². The first-order valence-electron chi connectivity index (χ1n) is 7.81. The van der Waals surface area contributed by atoms with Gasteiger partial charge in [-0.1, -0.05) is 59.9 Å². The fraction of sp³-hybridized carbons (Fsp3) is 0.158. The van der Waals surface area contributed by atoms with Crippen molar-refractivity contribution >= 4 is 40.3 Å². The molecule has 0 saturated carbocycles. The first kappa shape index (κ1) is 16.2. The van der Waals surface area contributed by atoms with Gasteiger partial charge in [0.25, 0.3) is 5.91 Å². The summed E-state index contributed by atoms with van der Waals surface area (Å²) in [7, 11) is 0. The summed E-state index contributed by atoms with van der Waals surface area (Å²) in [6.45, 7) is 2.76. The van der Waals surface area contributed by atoms with Gasteiger partial charge in [-0.3, -0.25) is 9.69 Å². The van der Waals surface area contributed by atoms with Crippen LogP contribution in [0.5, 0.6) is 11.5 Å². The first-order chi connectivity index (χ1) is 12.1. The zero-order valence-corrected chi connectivity index (χ0v) is 15.2. The number of amides is 1. The van der Waals surface area contributed by atoms with Crippen molar-refractivity contribution in [2.24, 2.45) is 0 Å². The summed E-state index contributed by atoms with van der Waals surface area (Å²) in [5.41, 5.74) is 3.14. The number of aryl methyl sites for hydroxylation is 1. The van der Waals surface area contributed by atoms with Crippen LogP contribution in [0.3, 0.4) is 0 Å². The number of nitrogens with zero attached hydrogens (tertiary/aromatic N) is 1. The molecule has 0 atom stereocenters. The molecule has 2 aromatic carbocycles. The molecular formula is C19H15NO3S2. The van der Waals surface area contributed by atoms with Crippen molar-refractivity contribution in [2.45, 2.75) is 13.5 Å². The normalized spacial score (nSPS) is 17.6. The molecule has 1 saturated heterocycles. The van der Waals surface area contributed by atoms with Gasteiger partial charge in [0.15, 0.2) is 11.5 Å². The molecule has 0 radical (unpaired) electrons. The van der Waals surface area contributed by atoms with E-state index in [1.54, 1.807) is 4.90 Å². The minimum atomic E-state index is -0.0618. The predicted molar refractivity (Wildman–Crippen MR) is 102 cm³/mol. The topological polar surface area (TPSA) is 38.8 Å². The van der Waals surface area contributed by atoms with Crippen LogP contribution in [-0.2, 0) is 11.3 Å². The predicted octanol–water partition coefficient (Wildman–Crippen LogP) is 4.13. The Hall–Kier alpha value is -2.31. The van der Waals surface area contributed by atoms with E-state index in [0.29, 0.717) is 21.5 Å². The van der Waals surface area contributed by atoms with Crippen LogP contribution in [0.4, 0.5) is 0 Å². The van der Waals surface area contributed by atoms with Gasteiger partial charge in [-0.05, 0) is 36.3 Å². The molecule has 0 aromatic heterocycles. The highest BCUT2D eigenvalue weighted by molar-refractivity contribution is 8.26. The third-order valence-electron chi connectivity index (χ3n) is 4.03. The number of fused-ring (bicyclic) bond motifs is 1. The molecule has 1 amide bonds. The molecule has 2 heterocycles. The lowest BCUT2D eigenvalue weighted by molar-refractivity contribution is -0.122. The molecule has 4 nitrogen and oxygen atoms in total. The molecule has 126 valence electrons. The smallest absolute Gasteiger partial charge is 0.266 e. The summed E-state index contributed by atoms with van der Waals surface area (Å²) in [6.07, 6.45) is 1.84. The number of thiocarbonyl (C=S) groups is 1. The van der Waals surface area contributed by atoms with E-state index < -0.39 is 0 Å². The second-order valence-corrected chi connectivity index (χ2v) is 7.54. The number of hydrogen-bond acceptors (Lipinski definition) is 5. The maximum Gasteiger partial charge on any atom is 0.266 e. The molecule has 2 aromatic rings. The van der Waals surface area contributed by atoms with Crippen molar-refractivity contribution in [2.75, 3.05) is 6.79 Å². The van der Waals surface area contributed by atoms with Gasteiger partial charge < -0.3 is 9.47 Å². The van der Waals surface area contributed by atoms with E-state index in [4.69, 9.17) is 21.7 Å². The fourth-order valence-electron chi connectivity index (χ4n) is 2.67. The number of rotatable bonds is 3. The molecule has 0 bridgehead atoms. The molecule has 2 aliphatic rings. The third-order valence-corrected chi connectivity index (χ3v) is 5.41. The van der Waals surface area contributed by atoms with Gasteiger partial charge in [0.2, 0.25) is 6.79 Å². The second kappa shape index (κ2) is 6.54. The number of carbonyl (C=O) groups excluding carboxylic acids is 1. The third kappa shape index (κ3) is 3.27. The Bertz CT molecular complexity index is 890. The maximum atomic E-state index is 12.7. The lowest BCUT2D eigenvalue weighted by Gasteiger charge is -2.14. The van der Waals surface area contributed by atoms with Gasteiger partial charge in [0.1, 0.15) is 4.32 Å². The van der Waals surface area contributed by atoms with Gasteiger partial charge >= 0.3 is 0 Å². The number of thioether (sulfide) groups is 1. The first-order valence-corrected chi connectivity index (χ1v) is 9.03. The highest BCUT2D eigenvalue weighted by Gasteiger charge is 2.32. The monoisotopic (exact) mass is 369 g/mol. The SMILES string of the molecule is Cc1ccc(CN2C(=O)C(=Cc3ccc4c(c3)OCO4)SC2=S)cc1. The summed E-state index contributed by atoms with van der Waals surface area (Å²) < 4.78 is 11.3. The van der Waals surface area contributed by atoms with Crippen LogP contribution < -0.4 is 9.47 Å². The number of ether oxygens (including phenoxy) is 2. The van der Waals surface area contributed by atoms with Crippen molar-refractivity contribution in [3.8, 4) is 11.5 Å². The lowest BCUT2D eigenvalue weighted by atomic mass is 10.1. The zero-order valence-electron chi connectivity index (χ0n) is 13.5. The summed E-state index contributed by atoms with van der Waals surface area (Å²) in [6, 6.07) is 13.7. The number of benzene rings is 2. The maximum absolute atomic E-state index is 12.7. The van der Waals surface area contributed by atoms with Crippen LogP contribution in [0, 0.1) is 6.92 Å². The summed E-state index contributed by atoms with van der Waals surface area (Å²) in [5, 5.41) is 0. The molecule has 0 aliphatic carbocycles. The van der Waals surface area contributed by atoms with Crippen LogP contribution in [0.2, 0.25) is 0 Å². The van der Waals surface area contributed by atoms with Crippen molar-refractivity contribution < 1.29 is 14.3 Å². The average Bonchev–Trinajstić information content (AvgIpc) is 3.16. The minimum absolute atomic E-state index is 0.0618. The molecule has 1 fully saturated rings. The van der Waals surface area contributed by atoms with E-state index in [2.05, 4.69) is 0 Å². The molecule has 4 rings (SSSR count). The van der Waals surface area contributed by atoms with E-state index in [1.807, 2.05) is 55.5 Å². The number of carbonyl (C=O) groups is 1. The number of hydrogen-bond donors (Lipinski definition) is 0. The molecule has 0 N–H and O–H groups in total. The Morgan fingerprint density at radius 1 is 1.16 bits per heavy atom. The lowest BCUT2D eigenvalue weighted by Crippen LogP contribution is -2.27.